The first kappa shape index (κ1) is 36.2. The zero-order chi connectivity index (χ0) is 36.7. The molecule has 268 valence electrons. The minimum absolute atomic E-state index is 0.00575. The first-order chi connectivity index (χ1) is 24.3. The van der Waals surface area contributed by atoms with E-state index in [-0.39, 0.29) is 90.9 Å². The van der Waals surface area contributed by atoms with Crippen molar-refractivity contribution in [3.8, 4) is 29.0 Å². The average Bonchev–Trinajstić information content (AvgIpc) is 3.32. The zero-order valence-corrected chi connectivity index (χ0v) is 29.8. The number of benzene rings is 2. The maximum absolute atomic E-state index is 17.3. The summed E-state index contributed by atoms with van der Waals surface area (Å²) in [5.41, 5.74) is 12.8. The predicted molar refractivity (Wildman–Crippen MR) is 192 cm³/mol. The van der Waals surface area contributed by atoms with Gasteiger partial charge < -0.3 is 30.7 Å². The van der Waals surface area contributed by atoms with Crippen LogP contribution < -0.4 is 25.8 Å². The molecule has 1 aliphatic heterocycles. The number of nitrogen functional groups attached to an aromatic ring is 2. The number of ether oxygens (including phenoxy) is 2. The summed E-state index contributed by atoms with van der Waals surface area (Å²) >= 11 is 7.90. The van der Waals surface area contributed by atoms with Gasteiger partial charge in [0.05, 0.1) is 33.3 Å². The highest BCUT2D eigenvalue weighted by molar-refractivity contribution is 7.23. The lowest BCUT2D eigenvalue weighted by molar-refractivity contribution is 0.0875. The fourth-order valence-corrected chi connectivity index (χ4v) is 7.66. The van der Waals surface area contributed by atoms with E-state index in [0.717, 1.165) is 17.4 Å². The first-order valence-electron chi connectivity index (χ1n) is 16.2. The van der Waals surface area contributed by atoms with E-state index < -0.39 is 30.2 Å². The maximum atomic E-state index is 17.3. The SMILES string of the molecule is CC(Oc1nc2c3c(c(Cl)c(-c4ccc(F)c5sc(N)c(C#N)c45)c(F)c3n1)OCCN2[C@H](C)c1cccnc1N)C(C)N(C)CCCC(F)F. The second-order valence-electron chi connectivity index (χ2n) is 12.4. The van der Waals surface area contributed by atoms with E-state index >= 15 is 8.78 Å². The molecule has 1 aliphatic rings. The Morgan fingerprint density at radius 3 is 2.63 bits per heavy atom. The fourth-order valence-electron chi connectivity index (χ4n) is 6.38. The summed E-state index contributed by atoms with van der Waals surface area (Å²) < 4.78 is 70.4. The molecule has 0 radical (unpaired) electrons. The Hall–Kier alpha value is -4.65. The Labute approximate surface area is 300 Å². The van der Waals surface area contributed by atoms with Gasteiger partial charge in [0.2, 0.25) is 6.43 Å². The second kappa shape index (κ2) is 14.5. The predicted octanol–water partition coefficient (Wildman–Crippen LogP) is 7.97. The fraction of sp³-hybridized carbons (Fsp3) is 0.371. The number of thiophene rings is 1. The van der Waals surface area contributed by atoms with Gasteiger partial charge in [-0.1, -0.05) is 23.7 Å². The van der Waals surface area contributed by atoms with Crippen molar-refractivity contribution in [1.29, 1.82) is 5.26 Å². The van der Waals surface area contributed by atoms with Gasteiger partial charge in [-0.05, 0) is 58.5 Å². The molecule has 3 aromatic heterocycles. The number of nitrogens with two attached hydrogens (primary N) is 2. The second-order valence-corrected chi connectivity index (χ2v) is 13.8. The summed E-state index contributed by atoms with van der Waals surface area (Å²) in [5, 5.41) is 10.2. The number of aromatic nitrogens is 3. The number of fused-ring (bicyclic) bond motifs is 1. The molecule has 0 bridgehead atoms. The van der Waals surface area contributed by atoms with Crippen LogP contribution in [0.4, 0.5) is 34.2 Å². The molecule has 10 nitrogen and oxygen atoms in total. The summed E-state index contributed by atoms with van der Waals surface area (Å²) in [7, 11) is 1.81. The van der Waals surface area contributed by atoms with Gasteiger partial charge in [-0.2, -0.15) is 15.2 Å². The number of alkyl halides is 2. The third-order valence-electron chi connectivity index (χ3n) is 9.38. The van der Waals surface area contributed by atoms with Gasteiger partial charge in [-0.15, -0.1) is 11.3 Å². The number of rotatable bonds is 11. The van der Waals surface area contributed by atoms with Crippen molar-refractivity contribution in [1.82, 2.24) is 19.9 Å². The molecule has 0 spiro atoms. The summed E-state index contributed by atoms with van der Waals surface area (Å²) in [6, 6.07) is 7.26. The van der Waals surface area contributed by atoms with Crippen molar-refractivity contribution in [3.63, 3.8) is 0 Å². The van der Waals surface area contributed by atoms with Crippen LogP contribution in [0.25, 0.3) is 32.1 Å². The Morgan fingerprint density at radius 1 is 1.16 bits per heavy atom. The molecule has 6 rings (SSSR count). The van der Waals surface area contributed by atoms with E-state index in [2.05, 4.69) is 9.97 Å². The van der Waals surface area contributed by atoms with Crippen LogP contribution in [-0.2, 0) is 0 Å². The van der Waals surface area contributed by atoms with Gasteiger partial charge in [0, 0.05) is 35.2 Å². The molecule has 3 atom stereocenters. The number of pyridine rings is 1. The van der Waals surface area contributed by atoms with E-state index in [1.807, 2.05) is 35.8 Å². The molecule has 2 unspecified atom stereocenters. The Bertz CT molecular complexity index is 2160. The van der Waals surface area contributed by atoms with Crippen LogP contribution in [0.5, 0.6) is 11.8 Å². The van der Waals surface area contributed by atoms with Crippen LogP contribution >= 0.6 is 22.9 Å². The third-order valence-corrected chi connectivity index (χ3v) is 10.8. The molecule has 0 saturated heterocycles. The number of nitriles is 1. The van der Waals surface area contributed by atoms with Crippen molar-refractivity contribution in [2.75, 3.05) is 43.1 Å². The monoisotopic (exact) mass is 742 g/mol. The highest BCUT2D eigenvalue weighted by Crippen LogP contribution is 2.51. The van der Waals surface area contributed by atoms with E-state index in [9.17, 15) is 14.0 Å². The lowest BCUT2D eigenvalue weighted by Crippen LogP contribution is -2.41. The quantitative estimate of drug-likeness (QED) is 0.128. The summed E-state index contributed by atoms with van der Waals surface area (Å²) in [6.07, 6.45) is -1.30. The van der Waals surface area contributed by atoms with E-state index in [1.54, 1.807) is 26.2 Å². The molecule has 2 aromatic carbocycles. The molecular weight excluding hydrogens is 708 g/mol. The normalized spacial score (nSPS) is 14.8. The van der Waals surface area contributed by atoms with Crippen molar-refractivity contribution in [3.05, 3.63) is 58.2 Å². The Morgan fingerprint density at radius 2 is 1.92 bits per heavy atom. The highest BCUT2D eigenvalue weighted by atomic mass is 35.5. The van der Waals surface area contributed by atoms with Crippen LogP contribution in [0, 0.1) is 23.0 Å². The number of hydrogen-bond donors (Lipinski definition) is 2. The van der Waals surface area contributed by atoms with Crippen molar-refractivity contribution in [2.24, 2.45) is 0 Å². The van der Waals surface area contributed by atoms with Gasteiger partial charge in [0.25, 0.3) is 0 Å². The standard InChI is InChI=1S/C35H35ClF4N8O2S/c1-16(47(4)12-6-8-23(38)39)18(3)50-35-45-29-26-30(49-14-13-48(34(26)46-35)17(2)19-7-5-11-44-32(19)42)27(36)25(28(29)40)20-9-10-22(37)31-24(20)21(15-41)33(43)51-31/h5,7,9-11,16-18,23H,6,8,12-14,43H2,1-4H3,(H2,42,44)/t16?,17-,18?/m1/s1. The number of hydrogen-bond acceptors (Lipinski definition) is 11. The lowest BCUT2D eigenvalue weighted by Gasteiger charge is -2.31. The molecule has 16 heteroatoms. The topological polar surface area (TPSA) is 139 Å². The van der Waals surface area contributed by atoms with Crippen molar-refractivity contribution in [2.45, 2.75) is 58.2 Å². The number of nitrogens with zero attached hydrogens (tertiary/aromatic N) is 6. The van der Waals surface area contributed by atoms with Gasteiger partial charge in [-0.3, -0.25) is 0 Å². The minimum atomic E-state index is -2.39. The number of halogens is 5. The van der Waals surface area contributed by atoms with Crippen LogP contribution in [0.15, 0.2) is 30.5 Å². The first-order valence-corrected chi connectivity index (χ1v) is 17.4. The molecule has 5 aromatic rings. The van der Waals surface area contributed by atoms with Crippen LogP contribution in [0.1, 0.15) is 50.8 Å². The number of likely N-dealkylation sites (N-methyl/N-ethyl adjacent to an activating group) is 1. The third kappa shape index (κ3) is 6.63. The van der Waals surface area contributed by atoms with E-state index in [0.29, 0.717) is 24.3 Å². The summed E-state index contributed by atoms with van der Waals surface area (Å²) in [5.74, 6) is -0.841. The molecule has 0 saturated carbocycles. The van der Waals surface area contributed by atoms with Crippen LogP contribution in [0.3, 0.4) is 0 Å². The highest BCUT2D eigenvalue weighted by Gasteiger charge is 2.34. The lowest BCUT2D eigenvalue weighted by atomic mass is 9.96. The molecule has 0 amide bonds. The molecule has 0 aliphatic carbocycles. The number of anilines is 3. The Balaban J connectivity index is 1.56. The largest absolute Gasteiger partial charge is 0.489 e. The van der Waals surface area contributed by atoms with E-state index in [4.69, 9.17) is 37.5 Å². The van der Waals surface area contributed by atoms with Gasteiger partial charge in [0.1, 0.15) is 46.8 Å². The summed E-state index contributed by atoms with van der Waals surface area (Å²) in [6.45, 7) is 6.34. The van der Waals surface area contributed by atoms with Gasteiger partial charge in [0.15, 0.2) is 11.6 Å². The molecule has 51 heavy (non-hydrogen) atoms. The van der Waals surface area contributed by atoms with E-state index in [1.165, 1.54) is 6.07 Å². The molecular formula is C35H35ClF4N8O2S. The van der Waals surface area contributed by atoms with Crippen LogP contribution in [-0.4, -0.2) is 65.2 Å². The zero-order valence-electron chi connectivity index (χ0n) is 28.2. The van der Waals surface area contributed by atoms with Crippen molar-refractivity contribution >= 4 is 60.6 Å². The smallest absolute Gasteiger partial charge is 0.319 e. The molecule has 4 N–H and O–H groups in total. The minimum Gasteiger partial charge on any atom is -0.489 e. The molecule has 4 heterocycles. The van der Waals surface area contributed by atoms with Gasteiger partial charge in [-0.25, -0.2) is 22.5 Å². The van der Waals surface area contributed by atoms with Gasteiger partial charge >= 0.3 is 6.01 Å². The average molecular weight is 743 g/mol. The summed E-state index contributed by atoms with van der Waals surface area (Å²) in [4.78, 5) is 17.4. The molecule has 0 fully saturated rings. The van der Waals surface area contributed by atoms with Crippen LogP contribution in [0.2, 0.25) is 5.02 Å². The van der Waals surface area contributed by atoms with Crippen molar-refractivity contribution < 1.29 is 27.0 Å². The Kier molecular flexibility index (Phi) is 10.3. The maximum Gasteiger partial charge on any atom is 0.319 e.